The Labute approximate surface area is 212 Å². The summed E-state index contributed by atoms with van der Waals surface area (Å²) in [4.78, 5) is 32.1. The fraction of sp³-hybridized carbons (Fsp3) is 0.385. The van der Waals surface area contributed by atoms with Gasteiger partial charge in [-0.3, -0.25) is 9.69 Å². The zero-order chi connectivity index (χ0) is 25.5. The first-order valence-corrected chi connectivity index (χ1v) is 12.1. The van der Waals surface area contributed by atoms with E-state index in [1.165, 1.54) is 4.90 Å². The van der Waals surface area contributed by atoms with E-state index in [1.807, 2.05) is 18.2 Å². The zero-order valence-electron chi connectivity index (χ0n) is 20.4. The SMILES string of the molecule is COc1cc(OC)cc(-c2noc(C3CCC4C(=O)N(Cc5ccc6c(c5)OCO6)C(=O)NC4C3)n2)c1. The summed E-state index contributed by atoms with van der Waals surface area (Å²) in [5.74, 6) is 2.90. The van der Waals surface area contributed by atoms with Crippen LogP contribution in [-0.4, -0.2) is 54.0 Å². The quantitative estimate of drug-likeness (QED) is 0.535. The van der Waals surface area contributed by atoms with Gasteiger partial charge in [0.05, 0.1) is 26.7 Å². The van der Waals surface area contributed by atoms with E-state index in [4.69, 9.17) is 23.5 Å². The van der Waals surface area contributed by atoms with Crippen LogP contribution in [-0.2, 0) is 11.3 Å². The lowest BCUT2D eigenvalue weighted by Gasteiger charge is -2.41. The van der Waals surface area contributed by atoms with Gasteiger partial charge in [0, 0.05) is 23.6 Å². The molecule has 6 rings (SSSR count). The van der Waals surface area contributed by atoms with E-state index < -0.39 is 6.03 Å². The molecule has 0 bridgehead atoms. The van der Waals surface area contributed by atoms with E-state index in [9.17, 15) is 9.59 Å². The Morgan fingerprint density at radius 1 is 1.03 bits per heavy atom. The third-order valence-corrected chi connectivity index (χ3v) is 7.17. The summed E-state index contributed by atoms with van der Waals surface area (Å²) in [5.41, 5.74) is 1.51. The molecule has 0 spiro atoms. The molecule has 3 aromatic rings. The predicted molar refractivity (Wildman–Crippen MR) is 128 cm³/mol. The van der Waals surface area contributed by atoms with Crippen molar-refractivity contribution in [1.82, 2.24) is 20.4 Å². The van der Waals surface area contributed by atoms with Crippen molar-refractivity contribution in [1.29, 1.82) is 0 Å². The van der Waals surface area contributed by atoms with E-state index in [-0.39, 0.29) is 37.1 Å². The summed E-state index contributed by atoms with van der Waals surface area (Å²) in [5, 5.41) is 7.18. The number of fused-ring (bicyclic) bond motifs is 2. The van der Waals surface area contributed by atoms with Crippen LogP contribution in [0.4, 0.5) is 4.79 Å². The molecule has 2 fully saturated rings. The van der Waals surface area contributed by atoms with E-state index in [2.05, 4.69) is 15.5 Å². The summed E-state index contributed by atoms with van der Waals surface area (Å²) in [6.45, 7) is 0.340. The molecule has 2 aliphatic heterocycles. The monoisotopic (exact) mass is 506 g/mol. The molecule has 1 aliphatic carbocycles. The Morgan fingerprint density at radius 3 is 2.59 bits per heavy atom. The van der Waals surface area contributed by atoms with Gasteiger partial charge >= 0.3 is 6.03 Å². The van der Waals surface area contributed by atoms with E-state index in [1.54, 1.807) is 32.4 Å². The second kappa shape index (κ2) is 9.30. The van der Waals surface area contributed by atoms with Crippen molar-refractivity contribution in [3.8, 4) is 34.4 Å². The number of rotatable bonds is 6. The first-order chi connectivity index (χ1) is 18.0. The summed E-state index contributed by atoms with van der Waals surface area (Å²) in [7, 11) is 3.16. The van der Waals surface area contributed by atoms with Gasteiger partial charge in [-0.05, 0) is 49.1 Å². The molecule has 1 aromatic heterocycles. The lowest BCUT2D eigenvalue weighted by atomic mass is 9.76. The highest BCUT2D eigenvalue weighted by Crippen LogP contribution is 2.39. The molecule has 192 valence electrons. The van der Waals surface area contributed by atoms with Gasteiger partial charge in [0.25, 0.3) is 0 Å². The standard InChI is InChI=1S/C26H26N4O7/c1-33-17-8-16(9-18(11-17)34-2)23-28-24(37-29-23)15-4-5-19-20(10-15)27-26(32)30(25(19)31)12-14-3-6-21-22(7-14)36-13-35-21/h3,6-9,11,15,19-20H,4-5,10,12-13H2,1-2H3,(H,27,32). The maximum Gasteiger partial charge on any atom is 0.324 e. The summed E-state index contributed by atoms with van der Waals surface area (Å²) in [6.07, 6.45) is 1.85. The van der Waals surface area contributed by atoms with Gasteiger partial charge in [-0.1, -0.05) is 11.2 Å². The Morgan fingerprint density at radius 2 is 1.81 bits per heavy atom. The molecule has 1 saturated carbocycles. The molecule has 1 N–H and O–H groups in total. The first-order valence-electron chi connectivity index (χ1n) is 12.1. The molecule has 3 aliphatic rings. The molecule has 0 radical (unpaired) electrons. The molecular weight excluding hydrogens is 480 g/mol. The normalized spacial score (nSPS) is 22.4. The molecular formula is C26H26N4O7. The van der Waals surface area contributed by atoms with Crippen LogP contribution in [0.15, 0.2) is 40.9 Å². The fourth-order valence-electron chi connectivity index (χ4n) is 5.21. The smallest absolute Gasteiger partial charge is 0.324 e. The topological polar surface area (TPSA) is 125 Å². The minimum atomic E-state index is -0.403. The average Bonchev–Trinajstić information content (AvgIpc) is 3.60. The highest BCUT2D eigenvalue weighted by Gasteiger charge is 2.45. The minimum absolute atomic E-state index is 0.0662. The van der Waals surface area contributed by atoms with Gasteiger partial charge in [0.1, 0.15) is 11.5 Å². The number of benzene rings is 2. The Balaban J connectivity index is 1.15. The van der Waals surface area contributed by atoms with E-state index >= 15 is 0 Å². The molecule has 11 nitrogen and oxygen atoms in total. The van der Waals surface area contributed by atoms with Crippen molar-refractivity contribution in [3.63, 3.8) is 0 Å². The van der Waals surface area contributed by atoms with Crippen molar-refractivity contribution in [2.24, 2.45) is 5.92 Å². The second-order valence-corrected chi connectivity index (χ2v) is 9.34. The number of imide groups is 1. The number of hydrogen-bond donors (Lipinski definition) is 1. The summed E-state index contributed by atoms with van der Waals surface area (Å²) >= 11 is 0. The molecule has 3 heterocycles. The number of nitrogens with zero attached hydrogens (tertiary/aromatic N) is 3. The molecule has 3 atom stereocenters. The largest absolute Gasteiger partial charge is 0.497 e. The lowest BCUT2D eigenvalue weighted by molar-refractivity contribution is -0.137. The number of methoxy groups -OCH3 is 2. The minimum Gasteiger partial charge on any atom is -0.497 e. The van der Waals surface area contributed by atoms with E-state index in [0.29, 0.717) is 59.5 Å². The number of carbonyl (C=O) groups is 2. The second-order valence-electron chi connectivity index (χ2n) is 9.34. The molecule has 1 saturated heterocycles. The van der Waals surface area contributed by atoms with Crippen molar-refractivity contribution < 1.29 is 33.1 Å². The highest BCUT2D eigenvalue weighted by molar-refractivity contribution is 5.98. The average molecular weight is 507 g/mol. The number of hydrogen-bond acceptors (Lipinski definition) is 9. The van der Waals surface area contributed by atoms with Crippen LogP contribution in [0, 0.1) is 5.92 Å². The summed E-state index contributed by atoms with van der Waals surface area (Å²) < 4.78 is 27.0. The number of ether oxygens (including phenoxy) is 4. The number of urea groups is 1. The van der Waals surface area contributed by atoms with Crippen LogP contribution < -0.4 is 24.3 Å². The van der Waals surface area contributed by atoms with E-state index in [0.717, 1.165) is 5.56 Å². The molecule has 11 heteroatoms. The highest BCUT2D eigenvalue weighted by atomic mass is 16.7. The number of amides is 3. The number of carbonyl (C=O) groups excluding carboxylic acids is 2. The van der Waals surface area contributed by atoms with Gasteiger partial charge in [0.2, 0.25) is 24.4 Å². The maximum atomic E-state index is 13.3. The first kappa shape index (κ1) is 23.1. The molecule has 3 amide bonds. The van der Waals surface area contributed by atoms with Gasteiger partial charge in [0.15, 0.2) is 11.5 Å². The fourth-order valence-corrected chi connectivity index (χ4v) is 5.21. The van der Waals surface area contributed by atoms with Gasteiger partial charge in [-0.2, -0.15) is 4.98 Å². The van der Waals surface area contributed by atoms with Crippen molar-refractivity contribution in [2.45, 2.75) is 37.8 Å². The number of aromatic nitrogens is 2. The maximum absolute atomic E-state index is 13.3. The van der Waals surface area contributed by atoms with Crippen LogP contribution in [0.1, 0.15) is 36.6 Å². The van der Waals surface area contributed by atoms with Crippen LogP contribution in [0.3, 0.4) is 0 Å². The van der Waals surface area contributed by atoms with Gasteiger partial charge in [-0.25, -0.2) is 4.79 Å². The van der Waals surface area contributed by atoms with Crippen LogP contribution >= 0.6 is 0 Å². The third-order valence-electron chi connectivity index (χ3n) is 7.17. The number of nitrogens with one attached hydrogen (secondary N) is 1. The Hall–Kier alpha value is -4.28. The lowest BCUT2D eigenvalue weighted by Crippen LogP contribution is -2.60. The molecule has 3 unspecified atom stereocenters. The molecule has 37 heavy (non-hydrogen) atoms. The summed E-state index contributed by atoms with van der Waals surface area (Å²) in [6, 6.07) is 10.1. The van der Waals surface area contributed by atoms with Gasteiger partial charge < -0.3 is 28.8 Å². The third kappa shape index (κ3) is 4.30. The van der Waals surface area contributed by atoms with Crippen molar-refractivity contribution in [3.05, 3.63) is 47.9 Å². The van der Waals surface area contributed by atoms with Crippen LogP contribution in [0.25, 0.3) is 11.4 Å². The molecule has 2 aromatic carbocycles. The Bertz CT molecular complexity index is 1330. The Kier molecular flexibility index (Phi) is 5.82. The zero-order valence-corrected chi connectivity index (χ0v) is 20.4. The van der Waals surface area contributed by atoms with Crippen molar-refractivity contribution in [2.75, 3.05) is 21.0 Å². The van der Waals surface area contributed by atoms with Crippen LogP contribution in [0.2, 0.25) is 0 Å². The predicted octanol–water partition coefficient (Wildman–Crippen LogP) is 3.49. The van der Waals surface area contributed by atoms with Crippen molar-refractivity contribution >= 4 is 11.9 Å². The van der Waals surface area contributed by atoms with Crippen LogP contribution in [0.5, 0.6) is 23.0 Å². The van der Waals surface area contributed by atoms with Gasteiger partial charge in [-0.15, -0.1) is 0 Å².